The van der Waals surface area contributed by atoms with Crippen LogP contribution < -0.4 is 5.32 Å². The van der Waals surface area contributed by atoms with Crippen LogP contribution in [0.2, 0.25) is 0 Å². The Balaban J connectivity index is 2.75. The highest BCUT2D eigenvalue weighted by Crippen LogP contribution is 2.48. The van der Waals surface area contributed by atoms with E-state index >= 15 is 0 Å². The van der Waals surface area contributed by atoms with Crippen LogP contribution in [0.25, 0.3) is 0 Å². The molecule has 0 heterocycles. The second-order valence-corrected chi connectivity index (χ2v) is 5.54. The average molecular weight is 271 g/mol. The maximum absolute atomic E-state index is 11.8. The van der Waals surface area contributed by atoms with E-state index in [-0.39, 0.29) is 0 Å². The lowest BCUT2D eigenvalue weighted by Crippen LogP contribution is -2.58. The summed E-state index contributed by atoms with van der Waals surface area (Å²) < 4.78 is 5.10. The summed E-state index contributed by atoms with van der Waals surface area (Å²) in [6, 6.07) is 0. The van der Waals surface area contributed by atoms with Gasteiger partial charge in [0.1, 0.15) is 0 Å². The van der Waals surface area contributed by atoms with Crippen LogP contribution in [0, 0.1) is 5.41 Å². The number of ether oxygens (including phenoxy) is 1. The standard InChI is InChI=1S/C14H25NO4/c1-4-6-10-19-12(18)15-14(5-2)9-7-8-13(14,3)11(16)17/h4-10H2,1-3H3,(H,15,18)(H,16,17). The van der Waals surface area contributed by atoms with Crippen molar-refractivity contribution in [3.05, 3.63) is 0 Å². The van der Waals surface area contributed by atoms with E-state index < -0.39 is 23.0 Å². The molecule has 110 valence electrons. The van der Waals surface area contributed by atoms with Crippen molar-refractivity contribution in [2.24, 2.45) is 5.41 Å². The van der Waals surface area contributed by atoms with Crippen molar-refractivity contribution in [3.63, 3.8) is 0 Å². The Kier molecular flexibility index (Phi) is 5.20. The van der Waals surface area contributed by atoms with Gasteiger partial charge in [0.2, 0.25) is 0 Å². The van der Waals surface area contributed by atoms with Gasteiger partial charge in [-0.2, -0.15) is 0 Å². The van der Waals surface area contributed by atoms with Crippen molar-refractivity contribution in [2.45, 2.75) is 64.8 Å². The molecule has 0 aromatic carbocycles. The molecule has 0 spiro atoms. The first-order valence-corrected chi connectivity index (χ1v) is 7.10. The van der Waals surface area contributed by atoms with Gasteiger partial charge in [0.25, 0.3) is 0 Å². The Morgan fingerprint density at radius 1 is 1.32 bits per heavy atom. The molecule has 0 aromatic heterocycles. The van der Waals surface area contributed by atoms with Crippen molar-refractivity contribution in [1.82, 2.24) is 5.32 Å². The highest BCUT2D eigenvalue weighted by atomic mass is 16.5. The minimum absolute atomic E-state index is 0.381. The molecule has 1 rings (SSSR count). The average Bonchev–Trinajstić information content (AvgIpc) is 2.69. The van der Waals surface area contributed by atoms with E-state index in [1.807, 2.05) is 13.8 Å². The number of unbranched alkanes of at least 4 members (excludes halogenated alkanes) is 1. The number of carbonyl (C=O) groups excluding carboxylic acids is 1. The monoisotopic (exact) mass is 271 g/mol. The molecule has 1 saturated carbocycles. The fourth-order valence-electron chi connectivity index (χ4n) is 2.97. The van der Waals surface area contributed by atoms with Crippen LogP contribution in [0.4, 0.5) is 4.79 Å². The second-order valence-electron chi connectivity index (χ2n) is 5.54. The van der Waals surface area contributed by atoms with E-state index in [9.17, 15) is 14.7 Å². The van der Waals surface area contributed by atoms with Gasteiger partial charge in [-0.15, -0.1) is 0 Å². The number of carboxylic acids is 1. The Morgan fingerprint density at radius 2 is 2.00 bits per heavy atom. The molecule has 1 fully saturated rings. The van der Waals surface area contributed by atoms with Crippen LogP contribution >= 0.6 is 0 Å². The number of carboxylic acid groups (broad SMARTS) is 1. The van der Waals surface area contributed by atoms with Crippen LogP contribution in [-0.2, 0) is 9.53 Å². The quantitative estimate of drug-likeness (QED) is 0.728. The summed E-state index contributed by atoms with van der Waals surface area (Å²) in [6.45, 7) is 6.04. The smallest absolute Gasteiger partial charge is 0.407 e. The lowest BCUT2D eigenvalue weighted by Gasteiger charge is -2.40. The number of nitrogens with one attached hydrogen (secondary N) is 1. The van der Waals surface area contributed by atoms with E-state index in [4.69, 9.17) is 4.74 Å². The Bertz CT molecular complexity index is 344. The Labute approximate surface area is 114 Å². The molecule has 0 aromatic rings. The molecule has 0 saturated heterocycles. The molecule has 5 nitrogen and oxygen atoms in total. The Hall–Kier alpha value is -1.26. The number of rotatable bonds is 6. The molecule has 2 unspecified atom stereocenters. The van der Waals surface area contributed by atoms with Crippen LogP contribution in [-0.4, -0.2) is 29.3 Å². The number of amides is 1. The van der Waals surface area contributed by atoms with Crippen molar-refractivity contribution in [3.8, 4) is 0 Å². The Morgan fingerprint density at radius 3 is 2.53 bits per heavy atom. The summed E-state index contributed by atoms with van der Waals surface area (Å²) in [4.78, 5) is 23.4. The molecule has 1 amide bonds. The number of hydrogen-bond acceptors (Lipinski definition) is 3. The molecular weight excluding hydrogens is 246 g/mol. The molecule has 0 aliphatic heterocycles. The van der Waals surface area contributed by atoms with Crippen LogP contribution in [0.5, 0.6) is 0 Å². The maximum Gasteiger partial charge on any atom is 0.407 e. The highest BCUT2D eigenvalue weighted by Gasteiger charge is 2.56. The zero-order valence-corrected chi connectivity index (χ0v) is 12.1. The number of hydrogen-bond donors (Lipinski definition) is 2. The van der Waals surface area contributed by atoms with Gasteiger partial charge in [0.15, 0.2) is 0 Å². The van der Waals surface area contributed by atoms with E-state index in [2.05, 4.69) is 5.32 Å². The van der Waals surface area contributed by atoms with Gasteiger partial charge in [-0.3, -0.25) is 4.79 Å². The molecule has 2 N–H and O–H groups in total. The van der Waals surface area contributed by atoms with E-state index in [1.165, 1.54) is 0 Å². The van der Waals surface area contributed by atoms with Gasteiger partial charge in [-0.1, -0.05) is 20.3 Å². The summed E-state index contributed by atoms with van der Waals surface area (Å²) >= 11 is 0. The molecule has 0 bridgehead atoms. The van der Waals surface area contributed by atoms with Crippen molar-refractivity contribution >= 4 is 12.1 Å². The van der Waals surface area contributed by atoms with E-state index in [0.717, 1.165) is 19.3 Å². The lowest BCUT2D eigenvalue weighted by molar-refractivity contribution is -0.151. The minimum Gasteiger partial charge on any atom is -0.481 e. The largest absolute Gasteiger partial charge is 0.481 e. The third-order valence-electron chi connectivity index (χ3n) is 4.48. The molecule has 0 radical (unpaired) electrons. The molecular formula is C14H25NO4. The lowest BCUT2D eigenvalue weighted by atomic mass is 9.71. The van der Waals surface area contributed by atoms with Crippen LogP contribution in [0.1, 0.15) is 59.3 Å². The van der Waals surface area contributed by atoms with Gasteiger partial charge in [-0.25, -0.2) is 4.79 Å². The summed E-state index contributed by atoms with van der Waals surface area (Å²) in [6.07, 6.45) is 3.97. The predicted octanol–water partition coefficient (Wildman–Crippen LogP) is 2.94. The summed E-state index contributed by atoms with van der Waals surface area (Å²) in [5.74, 6) is -0.847. The number of aliphatic carboxylic acids is 1. The van der Waals surface area contributed by atoms with Crippen molar-refractivity contribution < 1.29 is 19.4 Å². The number of carbonyl (C=O) groups is 2. The summed E-state index contributed by atoms with van der Waals surface area (Å²) in [5, 5.41) is 12.3. The maximum atomic E-state index is 11.8. The minimum atomic E-state index is -0.911. The summed E-state index contributed by atoms with van der Waals surface area (Å²) in [7, 11) is 0. The van der Waals surface area contributed by atoms with Gasteiger partial charge < -0.3 is 15.2 Å². The van der Waals surface area contributed by atoms with Gasteiger partial charge in [-0.05, 0) is 39.0 Å². The fourth-order valence-corrected chi connectivity index (χ4v) is 2.97. The molecule has 19 heavy (non-hydrogen) atoms. The molecule has 1 aliphatic carbocycles. The molecule has 5 heteroatoms. The first kappa shape index (κ1) is 15.8. The van der Waals surface area contributed by atoms with Gasteiger partial charge >= 0.3 is 12.1 Å². The first-order chi connectivity index (χ1) is 8.92. The van der Waals surface area contributed by atoms with Gasteiger partial charge in [0.05, 0.1) is 17.6 Å². The van der Waals surface area contributed by atoms with E-state index in [0.29, 0.717) is 25.9 Å². The SMILES string of the molecule is CCCCOC(=O)NC1(CC)CCCC1(C)C(=O)O. The highest BCUT2D eigenvalue weighted by molar-refractivity contribution is 5.79. The third-order valence-corrected chi connectivity index (χ3v) is 4.48. The molecule has 2 atom stereocenters. The third kappa shape index (κ3) is 3.01. The zero-order chi connectivity index (χ0) is 14.5. The predicted molar refractivity (Wildman–Crippen MR) is 72.0 cm³/mol. The van der Waals surface area contributed by atoms with Crippen LogP contribution in [0.15, 0.2) is 0 Å². The van der Waals surface area contributed by atoms with Gasteiger partial charge in [0, 0.05) is 0 Å². The fraction of sp³-hybridized carbons (Fsp3) is 0.857. The first-order valence-electron chi connectivity index (χ1n) is 7.10. The van der Waals surface area contributed by atoms with Crippen molar-refractivity contribution in [2.75, 3.05) is 6.61 Å². The topological polar surface area (TPSA) is 75.6 Å². The normalized spacial score (nSPS) is 30.1. The van der Waals surface area contributed by atoms with Crippen molar-refractivity contribution in [1.29, 1.82) is 0 Å². The number of alkyl carbamates (subject to hydrolysis) is 1. The second kappa shape index (κ2) is 6.26. The molecule has 1 aliphatic rings. The summed E-state index contributed by atoms with van der Waals surface area (Å²) in [5.41, 5.74) is -1.60. The van der Waals surface area contributed by atoms with E-state index in [1.54, 1.807) is 6.92 Å². The zero-order valence-electron chi connectivity index (χ0n) is 12.1. The van der Waals surface area contributed by atoms with Crippen LogP contribution in [0.3, 0.4) is 0 Å².